The maximum absolute atomic E-state index is 13.8. The van der Waals surface area contributed by atoms with Gasteiger partial charge >= 0.3 is 0 Å². The fraction of sp³-hybridized carbons (Fsp3) is 0.519. The van der Waals surface area contributed by atoms with Gasteiger partial charge in [0.25, 0.3) is 0 Å². The number of amides is 1. The first kappa shape index (κ1) is 26.6. The monoisotopic (exact) mass is 515 g/mol. The lowest BCUT2D eigenvalue weighted by atomic mass is 9.87. The van der Waals surface area contributed by atoms with Gasteiger partial charge in [0, 0.05) is 19.5 Å². The van der Waals surface area contributed by atoms with Crippen LogP contribution in [0.15, 0.2) is 42.5 Å². The van der Waals surface area contributed by atoms with E-state index in [0.717, 1.165) is 29.7 Å². The highest BCUT2D eigenvalue weighted by molar-refractivity contribution is 7.90. The highest BCUT2D eigenvalue weighted by Crippen LogP contribution is 2.39. The Morgan fingerprint density at radius 1 is 1.11 bits per heavy atom. The molecule has 2 aromatic carbocycles. The number of benzene rings is 2. The number of nitrogens with zero attached hydrogens (tertiary/aromatic N) is 2. The Kier molecular flexibility index (Phi) is 8.04. The van der Waals surface area contributed by atoms with Crippen LogP contribution in [0.3, 0.4) is 0 Å². The summed E-state index contributed by atoms with van der Waals surface area (Å²) in [7, 11) is -0.0973. The number of hydrogen-bond donors (Lipinski definition) is 2. The van der Waals surface area contributed by atoms with Crippen LogP contribution in [0.5, 0.6) is 5.75 Å². The minimum Gasteiger partial charge on any atom is -0.497 e. The number of carbonyl (C=O) groups excluding carboxylic acids is 1. The molecule has 0 spiro atoms. The van der Waals surface area contributed by atoms with Gasteiger partial charge in [-0.1, -0.05) is 30.3 Å². The second-order valence-corrected chi connectivity index (χ2v) is 12.5. The molecule has 2 heterocycles. The number of aryl methyl sites for hydroxylation is 1. The number of ether oxygens (including phenoxy) is 1. The van der Waals surface area contributed by atoms with Crippen molar-refractivity contribution in [2.45, 2.75) is 49.7 Å². The van der Waals surface area contributed by atoms with E-state index in [1.165, 1.54) is 11.1 Å². The first-order chi connectivity index (χ1) is 17.2. The fourth-order valence-corrected chi connectivity index (χ4v) is 7.89. The van der Waals surface area contributed by atoms with E-state index in [1.807, 2.05) is 25.2 Å². The minimum atomic E-state index is -3.72. The number of hydrogen-bond acceptors (Lipinski definition) is 6. The number of rotatable bonds is 7. The molecule has 8 nitrogen and oxygen atoms in total. The predicted molar refractivity (Wildman–Crippen MR) is 140 cm³/mol. The van der Waals surface area contributed by atoms with Gasteiger partial charge in [-0.2, -0.15) is 0 Å². The molecule has 0 aromatic heterocycles. The molecule has 9 heteroatoms. The van der Waals surface area contributed by atoms with Crippen molar-refractivity contribution in [2.24, 2.45) is 0 Å². The van der Waals surface area contributed by atoms with Gasteiger partial charge in [-0.25, -0.2) is 18.2 Å². The van der Waals surface area contributed by atoms with Crippen molar-refractivity contribution in [3.8, 4) is 16.9 Å². The van der Waals surface area contributed by atoms with Crippen molar-refractivity contribution in [1.82, 2.24) is 14.7 Å². The average molecular weight is 516 g/mol. The molecule has 0 unspecified atom stereocenters. The Morgan fingerprint density at radius 3 is 2.42 bits per heavy atom. The molecule has 2 aliphatic heterocycles. The SMILES string of the molecule is COc1cccc(-c2ccc(C3CCN(S(=O)(=O)C4(CC(=O)NO)CCN(C)CC4)CC3)cc2C)c1. The van der Waals surface area contributed by atoms with Crippen molar-refractivity contribution >= 4 is 15.9 Å². The summed E-state index contributed by atoms with van der Waals surface area (Å²) < 4.78 is 33.4. The van der Waals surface area contributed by atoms with Gasteiger partial charge in [0.05, 0.1) is 11.9 Å². The summed E-state index contributed by atoms with van der Waals surface area (Å²) in [5, 5.41) is 9.08. The van der Waals surface area contributed by atoms with Crippen LogP contribution in [0.4, 0.5) is 0 Å². The molecule has 196 valence electrons. The van der Waals surface area contributed by atoms with E-state index in [9.17, 15) is 13.2 Å². The second kappa shape index (κ2) is 10.9. The molecule has 2 saturated heterocycles. The Bertz CT molecular complexity index is 1180. The smallest absolute Gasteiger partial charge is 0.244 e. The zero-order valence-corrected chi connectivity index (χ0v) is 22.2. The molecule has 0 bridgehead atoms. The van der Waals surface area contributed by atoms with Crippen LogP contribution in [0, 0.1) is 6.92 Å². The number of piperidine rings is 2. The number of methoxy groups -OCH3 is 1. The second-order valence-electron chi connectivity index (χ2n) is 10.2. The fourth-order valence-electron chi connectivity index (χ4n) is 5.64. The van der Waals surface area contributed by atoms with Gasteiger partial charge in [-0.15, -0.1) is 0 Å². The summed E-state index contributed by atoms with van der Waals surface area (Å²) in [5.41, 5.74) is 6.30. The van der Waals surface area contributed by atoms with Gasteiger partial charge in [-0.3, -0.25) is 10.0 Å². The minimum absolute atomic E-state index is 0.218. The maximum Gasteiger partial charge on any atom is 0.244 e. The molecule has 1 amide bonds. The van der Waals surface area contributed by atoms with Crippen LogP contribution in [-0.2, 0) is 14.8 Å². The van der Waals surface area contributed by atoms with E-state index in [4.69, 9.17) is 9.94 Å². The number of carbonyl (C=O) groups is 1. The maximum atomic E-state index is 13.8. The van der Waals surface area contributed by atoms with Crippen molar-refractivity contribution in [3.05, 3.63) is 53.6 Å². The third kappa shape index (κ3) is 5.29. The molecule has 0 atom stereocenters. The Labute approximate surface area is 214 Å². The first-order valence-electron chi connectivity index (χ1n) is 12.6. The summed E-state index contributed by atoms with van der Waals surface area (Å²) in [6, 6.07) is 14.5. The van der Waals surface area contributed by atoms with Crippen LogP contribution in [-0.4, -0.2) is 73.8 Å². The van der Waals surface area contributed by atoms with E-state index in [1.54, 1.807) is 16.9 Å². The van der Waals surface area contributed by atoms with Gasteiger partial charge in [-0.05, 0) is 93.0 Å². The molecular formula is C27H37N3O5S. The summed E-state index contributed by atoms with van der Waals surface area (Å²) in [4.78, 5) is 14.1. The van der Waals surface area contributed by atoms with E-state index < -0.39 is 20.7 Å². The molecule has 4 rings (SSSR count). The first-order valence-corrected chi connectivity index (χ1v) is 14.0. The summed E-state index contributed by atoms with van der Waals surface area (Å²) >= 11 is 0. The highest BCUT2D eigenvalue weighted by Gasteiger charge is 2.50. The number of likely N-dealkylation sites (tertiary alicyclic amines) is 1. The van der Waals surface area contributed by atoms with Crippen molar-refractivity contribution in [3.63, 3.8) is 0 Å². The summed E-state index contributed by atoms with van der Waals surface area (Å²) in [6.45, 7) is 4.18. The molecule has 0 aliphatic carbocycles. The predicted octanol–water partition coefficient (Wildman–Crippen LogP) is 3.54. The normalized spacial score (nSPS) is 19.7. The average Bonchev–Trinajstić information content (AvgIpc) is 2.90. The zero-order chi connectivity index (χ0) is 25.9. The largest absolute Gasteiger partial charge is 0.497 e. The third-order valence-electron chi connectivity index (χ3n) is 7.95. The summed E-state index contributed by atoms with van der Waals surface area (Å²) in [6.07, 6.45) is 2.01. The topological polar surface area (TPSA) is 99.2 Å². The quantitative estimate of drug-likeness (QED) is 0.432. The van der Waals surface area contributed by atoms with Crippen LogP contribution in [0.1, 0.15) is 49.1 Å². The Balaban J connectivity index is 1.48. The summed E-state index contributed by atoms with van der Waals surface area (Å²) in [5.74, 6) is 0.455. The van der Waals surface area contributed by atoms with Crippen LogP contribution in [0.2, 0.25) is 0 Å². The van der Waals surface area contributed by atoms with Gasteiger partial charge in [0.1, 0.15) is 5.75 Å². The Hall–Kier alpha value is -2.46. The number of sulfonamides is 1. The van der Waals surface area contributed by atoms with Crippen molar-refractivity contribution in [1.29, 1.82) is 0 Å². The Morgan fingerprint density at radius 2 is 1.81 bits per heavy atom. The molecule has 2 fully saturated rings. The van der Waals surface area contributed by atoms with Gasteiger partial charge < -0.3 is 9.64 Å². The molecular weight excluding hydrogens is 478 g/mol. The number of hydroxylamine groups is 1. The van der Waals surface area contributed by atoms with Crippen molar-refractivity contribution in [2.75, 3.05) is 40.3 Å². The van der Waals surface area contributed by atoms with E-state index in [-0.39, 0.29) is 12.3 Å². The molecule has 36 heavy (non-hydrogen) atoms. The molecule has 0 radical (unpaired) electrons. The molecule has 2 aromatic rings. The molecule has 2 N–H and O–H groups in total. The van der Waals surface area contributed by atoms with E-state index >= 15 is 0 Å². The van der Waals surface area contributed by atoms with Crippen LogP contribution < -0.4 is 10.2 Å². The standard InChI is InChI=1S/C27H37N3O5S/c1-20-17-22(7-8-25(20)23-5-4-6-24(18-23)35-3)21-9-13-30(14-10-21)36(33,34)27(19-26(31)28-32)11-15-29(2)16-12-27/h4-8,17-18,21,32H,9-16,19H2,1-3H3,(H,28,31). The van der Waals surface area contributed by atoms with E-state index in [2.05, 4.69) is 36.1 Å². The number of nitrogens with one attached hydrogen (secondary N) is 1. The lowest BCUT2D eigenvalue weighted by molar-refractivity contribution is -0.130. The third-order valence-corrected chi connectivity index (χ3v) is 10.6. The van der Waals surface area contributed by atoms with Crippen LogP contribution >= 0.6 is 0 Å². The van der Waals surface area contributed by atoms with Crippen molar-refractivity contribution < 1.29 is 23.2 Å². The van der Waals surface area contributed by atoms with Gasteiger partial charge in [0.15, 0.2) is 0 Å². The van der Waals surface area contributed by atoms with E-state index in [0.29, 0.717) is 39.0 Å². The zero-order valence-electron chi connectivity index (χ0n) is 21.4. The highest BCUT2D eigenvalue weighted by atomic mass is 32.2. The lowest BCUT2D eigenvalue weighted by Gasteiger charge is -2.44. The molecule has 2 aliphatic rings. The lowest BCUT2D eigenvalue weighted by Crippen LogP contribution is -2.56. The van der Waals surface area contributed by atoms with Crippen LogP contribution in [0.25, 0.3) is 11.1 Å². The molecule has 0 saturated carbocycles. The van der Waals surface area contributed by atoms with Gasteiger partial charge in [0.2, 0.25) is 15.9 Å².